The van der Waals surface area contributed by atoms with Gasteiger partial charge in [-0.25, -0.2) is 0 Å². The zero-order valence-electron chi connectivity index (χ0n) is 13.9. The number of hydrogen-bond acceptors (Lipinski definition) is 2. The third kappa shape index (κ3) is 3.41. The van der Waals surface area contributed by atoms with E-state index in [4.69, 9.17) is 0 Å². The molecule has 3 rings (SSSR count). The summed E-state index contributed by atoms with van der Waals surface area (Å²) in [5.74, 6) is 0.0463. The molecule has 1 atom stereocenters. The summed E-state index contributed by atoms with van der Waals surface area (Å²) in [6, 6.07) is 10.0. The van der Waals surface area contributed by atoms with Crippen LogP contribution in [0.4, 0.5) is 5.69 Å². The standard InChI is InChI=1S/C19H26N2O2/c1-2-20(16-9-5-3-6-10-16)19(23)15-13-18(22)21(14-15)17-11-7-4-8-12-17/h4,7-8,11-12,15-16H,2-3,5-6,9-10,13-14H2,1H3. The number of amides is 2. The third-order valence-electron chi connectivity index (χ3n) is 5.18. The molecule has 0 spiro atoms. The van der Waals surface area contributed by atoms with Gasteiger partial charge in [0.25, 0.3) is 0 Å². The Morgan fingerprint density at radius 1 is 1.17 bits per heavy atom. The minimum absolute atomic E-state index is 0.0641. The molecular formula is C19H26N2O2. The monoisotopic (exact) mass is 314 g/mol. The average molecular weight is 314 g/mol. The van der Waals surface area contributed by atoms with Crippen molar-refractivity contribution >= 4 is 17.5 Å². The molecule has 1 aliphatic carbocycles. The summed E-state index contributed by atoms with van der Waals surface area (Å²) in [5.41, 5.74) is 0.897. The molecule has 0 N–H and O–H groups in total. The number of carbonyl (C=O) groups is 2. The lowest BCUT2D eigenvalue weighted by molar-refractivity contribution is -0.138. The lowest BCUT2D eigenvalue weighted by Crippen LogP contribution is -2.45. The first-order chi connectivity index (χ1) is 11.2. The van der Waals surface area contributed by atoms with Crippen LogP contribution in [0, 0.1) is 5.92 Å². The first-order valence-electron chi connectivity index (χ1n) is 8.86. The van der Waals surface area contributed by atoms with Crippen LogP contribution in [-0.2, 0) is 9.59 Å². The van der Waals surface area contributed by atoms with Crippen LogP contribution >= 0.6 is 0 Å². The Hall–Kier alpha value is -1.84. The highest BCUT2D eigenvalue weighted by molar-refractivity contribution is 6.00. The number of carbonyl (C=O) groups excluding carboxylic acids is 2. The van der Waals surface area contributed by atoms with Gasteiger partial charge in [-0.1, -0.05) is 37.5 Å². The van der Waals surface area contributed by atoms with Gasteiger partial charge in [0, 0.05) is 31.2 Å². The summed E-state index contributed by atoms with van der Waals surface area (Å²) in [6.07, 6.45) is 6.29. The van der Waals surface area contributed by atoms with E-state index < -0.39 is 0 Å². The molecule has 2 aliphatic rings. The lowest BCUT2D eigenvalue weighted by Gasteiger charge is -2.35. The Balaban J connectivity index is 1.69. The highest BCUT2D eigenvalue weighted by atomic mass is 16.2. The fourth-order valence-electron chi connectivity index (χ4n) is 3.95. The van der Waals surface area contributed by atoms with E-state index in [1.807, 2.05) is 35.2 Å². The normalized spacial score (nSPS) is 22.4. The molecule has 1 unspecified atom stereocenters. The zero-order valence-corrected chi connectivity index (χ0v) is 13.9. The average Bonchev–Trinajstić information content (AvgIpc) is 2.99. The highest BCUT2D eigenvalue weighted by Gasteiger charge is 2.38. The third-order valence-corrected chi connectivity index (χ3v) is 5.18. The van der Waals surface area contributed by atoms with Crippen molar-refractivity contribution in [1.29, 1.82) is 0 Å². The van der Waals surface area contributed by atoms with Crippen LogP contribution in [0.1, 0.15) is 45.4 Å². The minimum Gasteiger partial charge on any atom is -0.340 e. The molecule has 1 aliphatic heterocycles. The second kappa shape index (κ2) is 7.16. The van der Waals surface area contributed by atoms with Crippen LogP contribution in [0.25, 0.3) is 0 Å². The molecule has 0 bridgehead atoms. The van der Waals surface area contributed by atoms with Crippen molar-refractivity contribution in [3.63, 3.8) is 0 Å². The second-order valence-corrected chi connectivity index (χ2v) is 6.66. The van der Waals surface area contributed by atoms with Gasteiger partial charge < -0.3 is 9.80 Å². The van der Waals surface area contributed by atoms with E-state index in [0.29, 0.717) is 19.0 Å². The van der Waals surface area contributed by atoms with Crippen molar-refractivity contribution in [2.45, 2.75) is 51.5 Å². The lowest BCUT2D eigenvalue weighted by atomic mass is 9.93. The van der Waals surface area contributed by atoms with E-state index in [9.17, 15) is 9.59 Å². The molecule has 23 heavy (non-hydrogen) atoms. The molecule has 124 valence electrons. The van der Waals surface area contributed by atoms with E-state index >= 15 is 0 Å². The van der Waals surface area contributed by atoms with Gasteiger partial charge in [0.2, 0.25) is 11.8 Å². The van der Waals surface area contributed by atoms with E-state index in [1.54, 1.807) is 4.90 Å². The van der Waals surface area contributed by atoms with E-state index in [0.717, 1.165) is 25.1 Å². The summed E-state index contributed by atoms with van der Waals surface area (Å²) < 4.78 is 0. The highest BCUT2D eigenvalue weighted by Crippen LogP contribution is 2.29. The number of rotatable bonds is 4. The van der Waals surface area contributed by atoms with Crippen molar-refractivity contribution in [3.8, 4) is 0 Å². The fourth-order valence-corrected chi connectivity index (χ4v) is 3.95. The maximum absolute atomic E-state index is 12.9. The molecule has 1 saturated carbocycles. The molecule has 0 aromatic heterocycles. The minimum atomic E-state index is -0.190. The molecule has 4 heteroatoms. The van der Waals surface area contributed by atoms with Gasteiger partial charge in [0.1, 0.15) is 0 Å². The molecule has 2 fully saturated rings. The van der Waals surface area contributed by atoms with Gasteiger partial charge in [-0.05, 0) is 31.9 Å². The molecule has 0 radical (unpaired) electrons. The van der Waals surface area contributed by atoms with Crippen LogP contribution < -0.4 is 4.90 Å². The maximum Gasteiger partial charge on any atom is 0.228 e. The summed E-state index contributed by atoms with van der Waals surface area (Å²) >= 11 is 0. The van der Waals surface area contributed by atoms with Crippen LogP contribution in [-0.4, -0.2) is 35.8 Å². The molecule has 1 heterocycles. The molecule has 4 nitrogen and oxygen atoms in total. The largest absolute Gasteiger partial charge is 0.340 e. The Kier molecular flexibility index (Phi) is 4.99. The second-order valence-electron chi connectivity index (χ2n) is 6.66. The number of anilines is 1. The molecule has 1 aromatic carbocycles. The molecule has 1 aromatic rings. The summed E-state index contributed by atoms with van der Waals surface area (Å²) in [6.45, 7) is 3.32. The summed E-state index contributed by atoms with van der Waals surface area (Å²) in [7, 11) is 0. The van der Waals surface area contributed by atoms with Gasteiger partial charge in [-0.2, -0.15) is 0 Å². The predicted molar refractivity (Wildman–Crippen MR) is 91.2 cm³/mol. The van der Waals surface area contributed by atoms with Gasteiger partial charge in [-0.15, -0.1) is 0 Å². The fraction of sp³-hybridized carbons (Fsp3) is 0.579. The molecule has 1 saturated heterocycles. The first-order valence-corrected chi connectivity index (χ1v) is 8.86. The van der Waals surface area contributed by atoms with E-state index in [2.05, 4.69) is 6.92 Å². The van der Waals surface area contributed by atoms with Gasteiger partial charge in [0.05, 0.1) is 5.92 Å². The SMILES string of the molecule is CCN(C(=O)C1CC(=O)N(c2ccccc2)C1)C1CCCCC1. The number of para-hydroxylation sites is 1. The van der Waals surface area contributed by atoms with Crippen molar-refractivity contribution in [1.82, 2.24) is 4.90 Å². The molecular weight excluding hydrogens is 288 g/mol. The van der Waals surface area contributed by atoms with Gasteiger partial charge >= 0.3 is 0 Å². The van der Waals surface area contributed by atoms with E-state index in [-0.39, 0.29) is 17.7 Å². The Morgan fingerprint density at radius 2 is 1.87 bits per heavy atom. The van der Waals surface area contributed by atoms with Crippen LogP contribution in [0.3, 0.4) is 0 Å². The van der Waals surface area contributed by atoms with Crippen molar-refractivity contribution in [2.24, 2.45) is 5.92 Å². The summed E-state index contributed by atoms with van der Waals surface area (Å²) in [4.78, 5) is 29.1. The van der Waals surface area contributed by atoms with Crippen LogP contribution in [0.2, 0.25) is 0 Å². The summed E-state index contributed by atoms with van der Waals surface area (Å²) in [5, 5.41) is 0. The van der Waals surface area contributed by atoms with Gasteiger partial charge in [-0.3, -0.25) is 9.59 Å². The van der Waals surface area contributed by atoms with E-state index in [1.165, 1.54) is 19.3 Å². The smallest absolute Gasteiger partial charge is 0.228 e. The Labute approximate surface area is 138 Å². The number of benzene rings is 1. The maximum atomic E-state index is 12.9. The number of hydrogen-bond donors (Lipinski definition) is 0. The zero-order chi connectivity index (χ0) is 16.2. The molecule has 2 amide bonds. The topological polar surface area (TPSA) is 40.6 Å². The quantitative estimate of drug-likeness (QED) is 0.856. The van der Waals surface area contributed by atoms with Crippen LogP contribution in [0.15, 0.2) is 30.3 Å². The van der Waals surface area contributed by atoms with Crippen molar-refractivity contribution in [3.05, 3.63) is 30.3 Å². The Morgan fingerprint density at radius 3 is 2.52 bits per heavy atom. The first kappa shape index (κ1) is 16.0. The van der Waals surface area contributed by atoms with Gasteiger partial charge in [0.15, 0.2) is 0 Å². The van der Waals surface area contributed by atoms with Crippen molar-refractivity contribution in [2.75, 3.05) is 18.0 Å². The Bertz CT molecular complexity index is 552. The predicted octanol–water partition coefficient (Wildman–Crippen LogP) is 3.22. The van der Waals surface area contributed by atoms with Crippen LogP contribution in [0.5, 0.6) is 0 Å². The van der Waals surface area contributed by atoms with Crippen molar-refractivity contribution < 1.29 is 9.59 Å². The number of nitrogens with zero attached hydrogens (tertiary/aromatic N) is 2.